The van der Waals surface area contributed by atoms with E-state index in [9.17, 15) is 14.0 Å². The van der Waals surface area contributed by atoms with E-state index in [1.54, 1.807) is 12.1 Å². The van der Waals surface area contributed by atoms with Crippen molar-refractivity contribution in [2.75, 3.05) is 12.3 Å². The van der Waals surface area contributed by atoms with Gasteiger partial charge >= 0.3 is 5.97 Å². The van der Waals surface area contributed by atoms with Crippen LogP contribution in [0.3, 0.4) is 0 Å². The largest absolute Gasteiger partial charge is 0.481 e. The summed E-state index contributed by atoms with van der Waals surface area (Å²) in [6, 6.07) is 6.19. The molecule has 1 aromatic carbocycles. The van der Waals surface area contributed by atoms with Gasteiger partial charge in [-0.25, -0.2) is 4.39 Å². The lowest BCUT2D eigenvalue weighted by molar-refractivity contribution is -0.137. The summed E-state index contributed by atoms with van der Waals surface area (Å²) in [5.74, 6) is -0.407. The van der Waals surface area contributed by atoms with E-state index in [2.05, 4.69) is 5.32 Å². The maximum absolute atomic E-state index is 12.7. The Labute approximate surface area is 128 Å². The molecule has 0 aliphatic heterocycles. The van der Waals surface area contributed by atoms with E-state index in [0.29, 0.717) is 25.1 Å². The van der Waals surface area contributed by atoms with Crippen LogP contribution in [0.25, 0.3) is 0 Å². The number of halogens is 1. The quantitative estimate of drug-likeness (QED) is 0.514. The maximum Gasteiger partial charge on any atom is 0.303 e. The summed E-state index contributed by atoms with van der Waals surface area (Å²) in [6.45, 7) is 0.583. The number of carboxylic acids is 1. The number of hydrogen-bond acceptors (Lipinski definition) is 3. The van der Waals surface area contributed by atoms with E-state index in [4.69, 9.17) is 5.11 Å². The fraction of sp³-hybridized carbons (Fsp3) is 0.467. The summed E-state index contributed by atoms with van der Waals surface area (Å²) < 4.78 is 12.7. The molecule has 0 aliphatic carbocycles. The van der Waals surface area contributed by atoms with Crippen molar-refractivity contribution >= 4 is 23.6 Å². The highest BCUT2D eigenvalue weighted by atomic mass is 32.2. The third-order valence-corrected chi connectivity index (χ3v) is 3.81. The average Bonchev–Trinajstić information content (AvgIpc) is 2.44. The minimum Gasteiger partial charge on any atom is -0.481 e. The monoisotopic (exact) mass is 313 g/mol. The van der Waals surface area contributed by atoms with Crippen LogP contribution in [0.15, 0.2) is 29.2 Å². The summed E-state index contributed by atoms with van der Waals surface area (Å²) in [5, 5.41) is 11.3. The maximum atomic E-state index is 12.7. The highest BCUT2D eigenvalue weighted by molar-refractivity contribution is 7.99. The van der Waals surface area contributed by atoms with E-state index in [1.807, 2.05) is 0 Å². The number of carboxylic acid groups (broad SMARTS) is 1. The van der Waals surface area contributed by atoms with Gasteiger partial charge in [0.1, 0.15) is 5.82 Å². The molecule has 0 heterocycles. The fourth-order valence-electron chi connectivity index (χ4n) is 1.69. The molecule has 4 nitrogen and oxygen atoms in total. The molecule has 6 heteroatoms. The van der Waals surface area contributed by atoms with E-state index in [-0.39, 0.29) is 18.1 Å². The van der Waals surface area contributed by atoms with Crippen molar-refractivity contribution in [3.05, 3.63) is 30.1 Å². The molecule has 0 aromatic heterocycles. The zero-order valence-corrected chi connectivity index (χ0v) is 12.6. The number of carbonyl (C=O) groups excluding carboxylic acids is 1. The highest BCUT2D eigenvalue weighted by Crippen LogP contribution is 2.18. The minimum absolute atomic E-state index is 0.0113. The number of benzene rings is 1. The highest BCUT2D eigenvalue weighted by Gasteiger charge is 2.02. The molecule has 116 valence electrons. The van der Waals surface area contributed by atoms with Crippen molar-refractivity contribution < 1.29 is 19.1 Å². The molecule has 0 unspecified atom stereocenters. The Hall–Kier alpha value is -1.56. The molecule has 0 saturated heterocycles. The molecule has 1 amide bonds. The Balaban J connectivity index is 2.01. The number of carbonyl (C=O) groups is 2. The van der Waals surface area contributed by atoms with E-state index < -0.39 is 5.97 Å². The standard InChI is InChI=1S/C15H20FNO3S/c16-12-5-7-13(8-6-12)21-11-9-14(18)17-10-3-1-2-4-15(19)20/h5-8H,1-4,9-11H2,(H,17,18)(H,19,20). The van der Waals surface area contributed by atoms with Gasteiger partial charge in [0.25, 0.3) is 0 Å². The average molecular weight is 313 g/mol. The van der Waals surface area contributed by atoms with Crippen LogP contribution in [0.2, 0.25) is 0 Å². The predicted octanol–water partition coefficient (Wildman–Crippen LogP) is 3.07. The number of hydrogen-bond donors (Lipinski definition) is 2. The van der Waals surface area contributed by atoms with Crippen LogP contribution in [0.4, 0.5) is 4.39 Å². The number of amides is 1. The van der Waals surface area contributed by atoms with Crippen LogP contribution in [0.5, 0.6) is 0 Å². The third-order valence-electron chi connectivity index (χ3n) is 2.80. The second kappa shape index (κ2) is 10.2. The second-order valence-corrected chi connectivity index (χ2v) is 5.78. The van der Waals surface area contributed by atoms with Gasteiger partial charge in [-0.15, -0.1) is 11.8 Å². The van der Waals surface area contributed by atoms with Crippen molar-refractivity contribution in [2.45, 2.75) is 37.0 Å². The Kier molecular flexibility index (Phi) is 8.50. The molecule has 0 bridgehead atoms. The van der Waals surface area contributed by atoms with E-state index in [1.165, 1.54) is 23.9 Å². The molecule has 0 saturated carbocycles. The van der Waals surface area contributed by atoms with Crippen LogP contribution in [0, 0.1) is 5.82 Å². The SMILES string of the molecule is O=C(O)CCCCCNC(=O)CCSc1ccc(F)cc1. The van der Waals surface area contributed by atoms with Gasteiger partial charge in [-0.3, -0.25) is 9.59 Å². The number of thioether (sulfide) groups is 1. The molecule has 0 spiro atoms. The molecule has 0 atom stereocenters. The Morgan fingerprint density at radius 3 is 2.48 bits per heavy atom. The van der Waals surface area contributed by atoms with Gasteiger partial charge in [0.2, 0.25) is 5.91 Å². The van der Waals surface area contributed by atoms with Gasteiger partial charge < -0.3 is 10.4 Å². The first-order chi connectivity index (χ1) is 10.1. The fourth-order valence-corrected chi connectivity index (χ4v) is 2.54. The number of nitrogens with one attached hydrogen (secondary N) is 1. The van der Waals surface area contributed by atoms with Crippen LogP contribution >= 0.6 is 11.8 Å². The van der Waals surface area contributed by atoms with Gasteiger partial charge in [-0.2, -0.15) is 0 Å². The van der Waals surface area contributed by atoms with E-state index in [0.717, 1.165) is 17.7 Å². The number of unbranched alkanes of at least 4 members (excludes halogenated alkanes) is 2. The predicted molar refractivity (Wildman–Crippen MR) is 80.9 cm³/mol. The summed E-state index contributed by atoms with van der Waals surface area (Å²) in [5.41, 5.74) is 0. The third kappa shape index (κ3) is 9.07. The van der Waals surface area contributed by atoms with Crippen molar-refractivity contribution in [1.82, 2.24) is 5.32 Å². The second-order valence-electron chi connectivity index (χ2n) is 4.61. The topological polar surface area (TPSA) is 66.4 Å². The van der Waals surface area contributed by atoms with Crippen LogP contribution < -0.4 is 5.32 Å². The van der Waals surface area contributed by atoms with Crippen molar-refractivity contribution in [3.63, 3.8) is 0 Å². The minimum atomic E-state index is -0.781. The van der Waals surface area contributed by atoms with Gasteiger partial charge in [-0.05, 0) is 37.1 Å². The lowest BCUT2D eigenvalue weighted by Gasteiger charge is -2.05. The van der Waals surface area contributed by atoms with Gasteiger partial charge in [0, 0.05) is 30.0 Å². The summed E-state index contributed by atoms with van der Waals surface area (Å²) in [6.07, 6.45) is 2.84. The molecule has 1 rings (SSSR count). The summed E-state index contributed by atoms with van der Waals surface area (Å²) in [7, 11) is 0. The lowest BCUT2D eigenvalue weighted by Crippen LogP contribution is -2.24. The molecule has 1 aromatic rings. The Morgan fingerprint density at radius 2 is 1.81 bits per heavy atom. The van der Waals surface area contributed by atoms with Crippen molar-refractivity contribution in [3.8, 4) is 0 Å². The molecule has 0 radical (unpaired) electrons. The smallest absolute Gasteiger partial charge is 0.303 e. The van der Waals surface area contributed by atoms with Gasteiger partial charge in [-0.1, -0.05) is 6.42 Å². The first-order valence-electron chi connectivity index (χ1n) is 6.95. The van der Waals surface area contributed by atoms with Crippen molar-refractivity contribution in [2.24, 2.45) is 0 Å². The molecular weight excluding hydrogens is 293 g/mol. The number of aliphatic carboxylic acids is 1. The Bertz CT molecular complexity index is 451. The van der Waals surface area contributed by atoms with Crippen LogP contribution in [-0.2, 0) is 9.59 Å². The summed E-state index contributed by atoms with van der Waals surface area (Å²) in [4.78, 5) is 22.8. The summed E-state index contributed by atoms with van der Waals surface area (Å²) >= 11 is 1.52. The van der Waals surface area contributed by atoms with Crippen LogP contribution in [-0.4, -0.2) is 29.3 Å². The first-order valence-corrected chi connectivity index (χ1v) is 7.93. The first kappa shape index (κ1) is 17.5. The van der Waals surface area contributed by atoms with E-state index >= 15 is 0 Å². The Morgan fingerprint density at radius 1 is 1.10 bits per heavy atom. The zero-order chi connectivity index (χ0) is 15.5. The molecule has 2 N–H and O–H groups in total. The van der Waals surface area contributed by atoms with Gasteiger partial charge in [0.15, 0.2) is 0 Å². The van der Waals surface area contributed by atoms with Crippen LogP contribution in [0.1, 0.15) is 32.1 Å². The molecular formula is C15H20FNO3S. The zero-order valence-electron chi connectivity index (χ0n) is 11.8. The molecule has 0 fully saturated rings. The molecule has 21 heavy (non-hydrogen) atoms. The molecule has 0 aliphatic rings. The van der Waals surface area contributed by atoms with Crippen molar-refractivity contribution in [1.29, 1.82) is 0 Å². The lowest BCUT2D eigenvalue weighted by atomic mass is 10.2. The normalized spacial score (nSPS) is 10.3. The van der Waals surface area contributed by atoms with Gasteiger partial charge in [0.05, 0.1) is 0 Å². The number of rotatable bonds is 10.